The second kappa shape index (κ2) is 6.00. The molecular formula is C14H11FN2O4. The molecule has 2 aromatic rings. The summed E-state index contributed by atoms with van der Waals surface area (Å²) in [5.74, 6) is -2.17. The third-order valence-electron chi connectivity index (χ3n) is 2.81. The zero-order valence-electron chi connectivity index (χ0n) is 10.7. The predicted molar refractivity (Wildman–Crippen MR) is 73.8 cm³/mol. The highest BCUT2D eigenvalue weighted by atomic mass is 19.1. The van der Waals surface area contributed by atoms with Gasteiger partial charge in [0.25, 0.3) is 5.69 Å². The van der Waals surface area contributed by atoms with Gasteiger partial charge in [-0.15, -0.1) is 0 Å². The molecule has 0 aliphatic rings. The lowest BCUT2D eigenvalue weighted by Gasteiger charge is -2.08. The number of halogens is 1. The Morgan fingerprint density at radius 3 is 2.71 bits per heavy atom. The highest BCUT2D eigenvalue weighted by Gasteiger charge is 2.11. The van der Waals surface area contributed by atoms with E-state index in [1.54, 1.807) is 12.1 Å². The molecule has 2 rings (SSSR count). The van der Waals surface area contributed by atoms with Crippen molar-refractivity contribution in [3.63, 3.8) is 0 Å². The van der Waals surface area contributed by atoms with Gasteiger partial charge in [-0.1, -0.05) is 12.1 Å². The van der Waals surface area contributed by atoms with Gasteiger partial charge in [-0.3, -0.25) is 10.1 Å². The van der Waals surface area contributed by atoms with Gasteiger partial charge >= 0.3 is 5.97 Å². The lowest BCUT2D eigenvalue weighted by molar-refractivity contribution is -0.384. The molecule has 21 heavy (non-hydrogen) atoms. The number of nitro groups is 1. The first-order chi connectivity index (χ1) is 9.97. The minimum atomic E-state index is -1.36. The maximum absolute atomic E-state index is 13.2. The van der Waals surface area contributed by atoms with Crippen molar-refractivity contribution in [2.24, 2.45) is 0 Å². The molecule has 0 fully saturated rings. The van der Waals surface area contributed by atoms with E-state index in [0.717, 1.165) is 6.07 Å². The minimum absolute atomic E-state index is 0.0281. The first-order valence-electron chi connectivity index (χ1n) is 5.97. The number of carbonyl (C=O) groups is 1. The zero-order valence-corrected chi connectivity index (χ0v) is 10.7. The molecule has 0 unspecified atom stereocenters. The lowest BCUT2D eigenvalue weighted by atomic mass is 10.1. The van der Waals surface area contributed by atoms with Gasteiger partial charge in [0.05, 0.1) is 10.5 Å². The molecule has 0 amide bonds. The number of benzene rings is 2. The number of carboxylic acid groups (broad SMARTS) is 1. The van der Waals surface area contributed by atoms with Gasteiger partial charge < -0.3 is 10.4 Å². The van der Waals surface area contributed by atoms with E-state index in [0.29, 0.717) is 11.3 Å². The summed E-state index contributed by atoms with van der Waals surface area (Å²) in [6.07, 6.45) is 0. The van der Waals surface area contributed by atoms with Gasteiger partial charge in [0.2, 0.25) is 0 Å². The molecule has 2 N–H and O–H groups in total. The van der Waals surface area contributed by atoms with Crippen LogP contribution in [0.4, 0.5) is 15.8 Å². The van der Waals surface area contributed by atoms with Crippen molar-refractivity contribution in [1.82, 2.24) is 0 Å². The van der Waals surface area contributed by atoms with E-state index in [9.17, 15) is 19.3 Å². The first-order valence-corrected chi connectivity index (χ1v) is 5.97. The molecule has 0 radical (unpaired) electrons. The number of aromatic carboxylic acids is 1. The molecule has 0 aromatic heterocycles. The maximum atomic E-state index is 13.2. The van der Waals surface area contributed by atoms with E-state index >= 15 is 0 Å². The van der Waals surface area contributed by atoms with Crippen LogP contribution in [0.25, 0.3) is 0 Å². The third kappa shape index (κ3) is 3.53. The van der Waals surface area contributed by atoms with Crippen molar-refractivity contribution in [2.75, 3.05) is 5.32 Å². The monoisotopic (exact) mass is 290 g/mol. The van der Waals surface area contributed by atoms with Gasteiger partial charge in [0.1, 0.15) is 5.82 Å². The zero-order chi connectivity index (χ0) is 15.4. The molecule has 6 nitrogen and oxygen atoms in total. The van der Waals surface area contributed by atoms with Gasteiger partial charge in [-0.25, -0.2) is 9.18 Å². The number of anilines is 1. The molecule has 0 bridgehead atoms. The van der Waals surface area contributed by atoms with Gasteiger partial charge in [0, 0.05) is 24.4 Å². The summed E-state index contributed by atoms with van der Waals surface area (Å²) in [5, 5.41) is 22.4. The number of rotatable bonds is 5. The van der Waals surface area contributed by atoms with Crippen molar-refractivity contribution in [2.45, 2.75) is 6.54 Å². The van der Waals surface area contributed by atoms with Crippen LogP contribution in [0.5, 0.6) is 0 Å². The van der Waals surface area contributed by atoms with E-state index in [4.69, 9.17) is 5.11 Å². The summed E-state index contributed by atoms with van der Waals surface area (Å²) in [6.45, 7) is 0.256. The van der Waals surface area contributed by atoms with Crippen LogP contribution in [-0.2, 0) is 6.54 Å². The average molecular weight is 290 g/mol. The summed E-state index contributed by atoms with van der Waals surface area (Å²) in [4.78, 5) is 21.0. The Hall–Kier alpha value is -2.96. The molecule has 0 atom stereocenters. The highest BCUT2D eigenvalue weighted by Crippen LogP contribution is 2.17. The number of non-ortho nitro benzene ring substituents is 1. The van der Waals surface area contributed by atoms with E-state index in [1.807, 2.05) is 0 Å². The second-order valence-corrected chi connectivity index (χ2v) is 4.28. The van der Waals surface area contributed by atoms with Crippen LogP contribution in [0.3, 0.4) is 0 Å². The molecule has 2 aromatic carbocycles. The molecule has 0 aliphatic carbocycles. The number of hydrogen-bond acceptors (Lipinski definition) is 4. The van der Waals surface area contributed by atoms with Gasteiger partial charge in [0.15, 0.2) is 0 Å². The average Bonchev–Trinajstić information content (AvgIpc) is 2.46. The van der Waals surface area contributed by atoms with Crippen LogP contribution in [0.2, 0.25) is 0 Å². The summed E-state index contributed by atoms with van der Waals surface area (Å²) in [5.41, 5.74) is 0.615. The van der Waals surface area contributed by atoms with Crippen LogP contribution >= 0.6 is 0 Å². The second-order valence-electron chi connectivity index (χ2n) is 4.28. The number of nitrogens with zero attached hydrogens (tertiary/aromatic N) is 1. The SMILES string of the molecule is O=C(O)c1cc(NCc2cccc([N+](=O)[O-])c2)ccc1F. The number of carboxylic acids is 1. The van der Waals surface area contributed by atoms with E-state index in [2.05, 4.69) is 5.32 Å². The maximum Gasteiger partial charge on any atom is 0.338 e. The Bertz CT molecular complexity index is 703. The molecule has 0 aliphatic heterocycles. The van der Waals surface area contributed by atoms with Crippen LogP contribution in [0, 0.1) is 15.9 Å². The molecule has 108 valence electrons. The van der Waals surface area contributed by atoms with Crippen LogP contribution < -0.4 is 5.32 Å². The van der Waals surface area contributed by atoms with E-state index in [1.165, 1.54) is 24.3 Å². The topological polar surface area (TPSA) is 92.5 Å². The van der Waals surface area contributed by atoms with Crippen molar-refractivity contribution < 1.29 is 19.2 Å². The Morgan fingerprint density at radius 1 is 1.29 bits per heavy atom. The van der Waals surface area contributed by atoms with Crippen molar-refractivity contribution in [3.05, 3.63) is 69.5 Å². The van der Waals surface area contributed by atoms with Crippen LogP contribution in [0.1, 0.15) is 15.9 Å². The molecule has 0 spiro atoms. The molecule has 7 heteroatoms. The standard InChI is InChI=1S/C14H11FN2O4/c15-13-5-4-10(7-12(13)14(18)19)16-8-9-2-1-3-11(6-9)17(20)21/h1-7,16H,8H2,(H,18,19). The van der Waals surface area contributed by atoms with Crippen molar-refractivity contribution >= 4 is 17.3 Å². The normalized spacial score (nSPS) is 10.1. The molecular weight excluding hydrogens is 279 g/mol. The Labute approximate surface area is 119 Å². The number of nitrogens with one attached hydrogen (secondary N) is 1. The summed E-state index contributed by atoms with van der Waals surface area (Å²) in [7, 11) is 0. The Balaban J connectivity index is 2.13. The lowest BCUT2D eigenvalue weighted by Crippen LogP contribution is -2.04. The highest BCUT2D eigenvalue weighted by molar-refractivity contribution is 5.89. The van der Waals surface area contributed by atoms with Gasteiger partial charge in [-0.2, -0.15) is 0 Å². The van der Waals surface area contributed by atoms with Crippen LogP contribution in [0.15, 0.2) is 42.5 Å². The van der Waals surface area contributed by atoms with E-state index in [-0.39, 0.29) is 12.2 Å². The summed E-state index contributed by atoms with van der Waals surface area (Å²) < 4.78 is 13.2. The van der Waals surface area contributed by atoms with Crippen molar-refractivity contribution in [3.8, 4) is 0 Å². The summed E-state index contributed by atoms with van der Waals surface area (Å²) >= 11 is 0. The minimum Gasteiger partial charge on any atom is -0.478 e. The fraction of sp³-hybridized carbons (Fsp3) is 0.0714. The fourth-order valence-electron chi connectivity index (χ4n) is 1.78. The van der Waals surface area contributed by atoms with Crippen molar-refractivity contribution in [1.29, 1.82) is 0 Å². The molecule has 0 saturated carbocycles. The smallest absolute Gasteiger partial charge is 0.338 e. The molecule has 0 heterocycles. The first kappa shape index (κ1) is 14.4. The Kier molecular flexibility index (Phi) is 4.13. The summed E-state index contributed by atoms with van der Waals surface area (Å²) in [6, 6.07) is 9.68. The Morgan fingerprint density at radius 2 is 2.05 bits per heavy atom. The third-order valence-corrected chi connectivity index (χ3v) is 2.81. The van der Waals surface area contributed by atoms with Gasteiger partial charge in [-0.05, 0) is 23.8 Å². The predicted octanol–water partition coefficient (Wildman–Crippen LogP) is 3.04. The quantitative estimate of drug-likeness (QED) is 0.652. The largest absolute Gasteiger partial charge is 0.478 e. The van der Waals surface area contributed by atoms with E-state index < -0.39 is 22.3 Å². The van der Waals surface area contributed by atoms with Crippen LogP contribution in [-0.4, -0.2) is 16.0 Å². The number of hydrogen-bond donors (Lipinski definition) is 2. The fourth-order valence-corrected chi connectivity index (χ4v) is 1.78. The number of nitro benzene ring substituents is 1. The molecule has 0 saturated heterocycles.